The average molecular weight is 280 g/mol. The Morgan fingerprint density at radius 1 is 1.45 bits per heavy atom. The lowest BCUT2D eigenvalue weighted by atomic mass is 10.0. The third-order valence-electron chi connectivity index (χ3n) is 3.67. The van der Waals surface area contributed by atoms with E-state index in [4.69, 9.17) is 5.84 Å². The molecule has 0 amide bonds. The molecule has 0 aliphatic carbocycles. The standard InChI is InChI=1S/C12H20N6O2/c1-16(2)9-3-5-17(6-4-9)12-8-10(18(19)20)7-11(14-12)15-13/h7-9H,3-6,13H2,1-2H3,(H,14,15). The lowest BCUT2D eigenvalue weighted by molar-refractivity contribution is -0.384. The molecule has 1 aliphatic heterocycles. The number of nitro groups is 1. The summed E-state index contributed by atoms with van der Waals surface area (Å²) in [4.78, 5) is 19.1. The van der Waals surface area contributed by atoms with Crippen LogP contribution in [0, 0.1) is 10.1 Å². The smallest absolute Gasteiger partial charge is 0.276 e. The maximum Gasteiger partial charge on any atom is 0.276 e. The maximum absolute atomic E-state index is 10.9. The first-order valence-corrected chi connectivity index (χ1v) is 6.55. The molecule has 0 aromatic carbocycles. The third kappa shape index (κ3) is 3.14. The number of piperidine rings is 1. The van der Waals surface area contributed by atoms with E-state index in [-0.39, 0.29) is 5.69 Å². The van der Waals surface area contributed by atoms with Gasteiger partial charge < -0.3 is 15.2 Å². The van der Waals surface area contributed by atoms with Gasteiger partial charge in [0.05, 0.1) is 17.1 Å². The second-order valence-corrected chi connectivity index (χ2v) is 5.15. The Morgan fingerprint density at radius 3 is 2.60 bits per heavy atom. The fourth-order valence-electron chi connectivity index (χ4n) is 2.45. The minimum Gasteiger partial charge on any atom is -0.356 e. The molecule has 20 heavy (non-hydrogen) atoms. The molecule has 1 aliphatic rings. The molecule has 1 aromatic heterocycles. The minimum atomic E-state index is -0.432. The van der Waals surface area contributed by atoms with Crippen LogP contribution >= 0.6 is 0 Å². The Balaban J connectivity index is 2.17. The van der Waals surface area contributed by atoms with E-state index in [1.54, 1.807) is 0 Å². The molecule has 0 spiro atoms. The monoisotopic (exact) mass is 280 g/mol. The quantitative estimate of drug-likeness (QED) is 0.478. The average Bonchev–Trinajstić information content (AvgIpc) is 2.46. The molecule has 1 saturated heterocycles. The molecule has 0 atom stereocenters. The van der Waals surface area contributed by atoms with Crippen molar-refractivity contribution in [2.75, 3.05) is 37.5 Å². The van der Waals surface area contributed by atoms with E-state index in [1.165, 1.54) is 12.1 Å². The van der Waals surface area contributed by atoms with Gasteiger partial charge in [-0.15, -0.1) is 0 Å². The number of rotatable bonds is 4. The number of nitrogens with two attached hydrogens (primary N) is 1. The van der Waals surface area contributed by atoms with Crippen molar-refractivity contribution >= 4 is 17.3 Å². The predicted octanol–water partition coefficient (Wildman–Crippen LogP) is 0.806. The van der Waals surface area contributed by atoms with Crippen LogP contribution in [-0.2, 0) is 0 Å². The molecular weight excluding hydrogens is 260 g/mol. The summed E-state index contributed by atoms with van der Waals surface area (Å²) in [7, 11) is 4.14. The third-order valence-corrected chi connectivity index (χ3v) is 3.67. The maximum atomic E-state index is 10.9. The van der Waals surface area contributed by atoms with Gasteiger partial charge in [0.1, 0.15) is 11.6 Å². The van der Waals surface area contributed by atoms with E-state index in [0.29, 0.717) is 17.7 Å². The highest BCUT2D eigenvalue weighted by atomic mass is 16.6. The van der Waals surface area contributed by atoms with Crippen molar-refractivity contribution in [3.63, 3.8) is 0 Å². The Morgan fingerprint density at radius 2 is 2.10 bits per heavy atom. The van der Waals surface area contributed by atoms with Crippen molar-refractivity contribution < 1.29 is 4.92 Å². The number of aromatic nitrogens is 1. The van der Waals surface area contributed by atoms with Gasteiger partial charge in [0.25, 0.3) is 5.69 Å². The fourth-order valence-corrected chi connectivity index (χ4v) is 2.45. The zero-order valence-corrected chi connectivity index (χ0v) is 11.7. The van der Waals surface area contributed by atoms with Gasteiger partial charge in [0.15, 0.2) is 0 Å². The number of pyridine rings is 1. The first kappa shape index (κ1) is 14.5. The Hall–Kier alpha value is -1.93. The Bertz CT molecular complexity index is 485. The van der Waals surface area contributed by atoms with Crippen LogP contribution in [0.1, 0.15) is 12.8 Å². The van der Waals surface area contributed by atoms with Crippen molar-refractivity contribution in [3.8, 4) is 0 Å². The van der Waals surface area contributed by atoms with Crippen molar-refractivity contribution in [2.24, 2.45) is 5.84 Å². The van der Waals surface area contributed by atoms with Crippen LogP contribution in [0.25, 0.3) is 0 Å². The first-order valence-electron chi connectivity index (χ1n) is 6.55. The predicted molar refractivity (Wildman–Crippen MR) is 77.6 cm³/mol. The highest BCUT2D eigenvalue weighted by molar-refractivity contribution is 5.55. The van der Waals surface area contributed by atoms with Crippen LogP contribution in [0.4, 0.5) is 17.3 Å². The van der Waals surface area contributed by atoms with E-state index in [2.05, 4.69) is 34.3 Å². The molecular formula is C12H20N6O2. The Kier molecular flexibility index (Phi) is 4.35. The lowest BCUT2D eigenvalue weighted by Gasteiger charge is -2.35. The summed E-state index contributed by atoms with van der Waals surface area (Å²) in [6.07, 6.45) is 2.03. The number of hydrogen-bond donors (Lipinski definition) is 2. The highest BCUT2D eigenvalue weighted by Gasteiger charge is 2.23. The van der Waals surface area contributed by atoms with E-state index >= 15 is 0 Å². The van der Waals surface area contributed by atoms with Crippen molar-refractivity contribution in [1.82, 2.24) is 9.88 Å². The molecule has 2 heterocycles. The number of anilines is 2. The van der Waals surface area contributed by atoms with Gasteiger partial charge in [-0.25, -0.2) is 10.8 Å². The number of nitrogen functional groups attached to an aromatic ring is 1. The van der Waals surface area contributed by atoms with Gasteiger partial charge in [-0.3, -0.25) is 10.1 Å². The Labute approximate surface area is 117 Å². The van der Waals surface area contributed by atoms with Crippen LogP contribution in [0.2, 0.25) is 0 Å². The molecule has 1 fully saturated rings. The van der Waals surface area contributed by atoms with E-state index in [1.807, 2.05) is 0 Å². The molecule has 8 heteroatoms. The summed E-state index contributed by atoms with van der Waals surface area (Å²) in [6, 6.07) is 3.38. The van der Waals surface area contributed by atoms with Gasteiger partial charge in [0, 0.05) is 19.1 Å². The van der Waals surface area contributed by atoms with Crippen LogP contribution in [-0.4, -0.2) is 48.0 Å². The van der Waals surface area contributed by atoms with Crippen LogP contribution < -0.4 is 16.2 Å². The molecule has 0 bridgehead atoms. The van der Waals surface area contributed by atoms with Gasteiger partial charge in [-0.2, -0.15) is 0 Å². The molecule has 3 N–H and O–H groups in total. The number of nitrogens with one attached hydrogen (secondary N) is 1. The molecule has 2 rings (SSSR count). The van der Waals surface area contributed by atoms with Gasteiger partial charge in [0.2, 0.25) is 0 Å². The van der Waals surface area contributed by atoms with Crippen LogP contribution in [0.5, 0.6) is 0 Å². The van der Waals surface area contributed by atoms with E-state index in [0.717, 1.165) is 25.9 Å². The summed E-state index contributed by atoms with van der Waals surface area (Å²) in [5.74, 6) is 6.23. The molecule has 0 unspecified atom stereocenters. The summed E-state index contributed by atoms with van der Waals surface area (Å²) in [6.45, 7) is 1.67. The molecule has 110 valence electrons. The van der Waals surface area contributed by atoms with Crippen molar-refractivity contribution in [1.29, 1.82) is 0 Å². The molecule has 0 saturated carbocycles. The normalized spacial score (nSPS) is 16.5. The van der Waals surface area contributed by atoms with Gasteiger partial charge in [-0.05, 0) is 26.9 Å². The first-order chi connectivity index (χ1) is 9.51. The minimum absolute atomic E-state index is 0.00215. The van der Waals surface area contributed by atoms with E-state index in [9.17, 15) is 10.1 Å². The fraction of sp³-hybridized carbons (Fsp3) is 0.583. The van der Waals surface area contributed by atoms with Gasteiger partial charge >= 0.3 is 0 Å². The van der Waals surface area contributed by atoms with Gasteiger partial charge in [-0.1, -0.05) is 0 Å². The second-order valence-electron chi connectivity index (χ2n) is 5.15. The summed E-state index contributed by atoms with van der Waals surface area (Å²) in [5.41, 5.74) is 2.38. The number of hydrazine groups is 1. The second kappa shape index (κ2) is 6.02. The summed E-state index contributed by atoms with van der Waals surface area (Å²) in [5, 5.41) is 10.9. The van der Waals surface area contributed by atoms with Crippen molar-refractivity contribution in [3.05, 3.63) is 22.2 Å². The van der Waals surface area contributed by atoms with Crippen LogP contribution in [0.3, 0.4) is 0 Å². The zero-order valence-electron chi connectivity index (χ0n) is 11.7. The number of hydrogen-bond acceptors (Lipinski definition) is 7. The van der Waals surface area contributed by atoms with Crippen LogP contribution in [0.15, 0.2) is 12.1 Å². The number of nitrogens with zero attached hydrogens (tertiary/aromatic N) is 4. The highest BCUT2D eigenvalue weighted by Crippen LogP contribution is 2.26. The summed E-state index contributed by atoms with van der Waals surface area (Å²) >= 11 is 0. The topological polar surface area (TPSA) is 101 Å². The van der Waals surface area contributed by atoms with Crippen molar-refractivity contribution in [2.45, 2.75) is 18.9 Å². The SMILES string of the molecule is CN(C)C1CCN(c2cc([N+](=O)[O-])cc(NN)n2)CC1. The zero-order chi connectivity index (χ0) is 14.7. The summed E-state index contributed by atoms with van der Waals surface area (Å²) < 4.78 is 0. The molecule has 0 radical (unpaired) electrons. The largest absolute Gasteiger partial charge is 0.356 e. The molecule has 8 nitrogen and oxygen atoms in total. The van der Waals surface area contributed by atoms with E-state index < -0.39 is 4.92 Å². The molecule has 1 aromatic rings. The lowest BCUT2D eigenvalue weighted by Crippen LogP contribution is -2.42.